The third-order valence-electron chi connectivity index (χ3n) is 1.52. The summed E-state index contributed by atoms with van der Waals surface area (Å²) in [6, 6.07) is 7.43. The van der Waals surface area contributed by atoms with Gasteiger partial charge in [-0.2, -0.15) is 0 Å². The summed E-state index contributed by atoms with van der Waals surface area (Å²) in [7, 11) is 0. The molecule has 0 bridgehead atoms. The lowest BCUT2D eigenvalue weighted by Gasteiger charge is -1.90. The molecule has 0 radical (unpaired) electrons. The van der Waals surface area contributed by atoms with Gasteiger partial charge in [0.1, 0.15) is 0 Å². The Balaban J connectivity index is 2.56. The van der Waals surface area contributed by atoms with Crippen LogP contribution in [0.5, 0.6) is 0 Å². The zero-order valence-electron chi connectivity index (χ0n) is 7.26. The molecule has 0 aliphatic carbocycles. The van der Waals surface area contributed by atoms with Gasteiger partial charge < -0.3 is 5.11 Å². The van der Waals surface area contributed by atoms with Crippen molar-refractivity contribution in [2.45, 2.75) is 12.8 Å². The SMILES string of the molecule is OCCCC#Cc1cccc(Cl)c1. The van der Waals surface area contributed by atoms with Gasteiger partial charge in [-0.25, -0.2) is 0 Å². The van der Waals surface area contributed by atoms with Crippen LogP contribution >= 0.6 is 11.6 Å². The fourth-order valence-corrected chi connectivity index (χ4v) is 1.09. The van der Waals surface area contributed by atoms with Gasteiger partial charge in [-0.05, 0) is 24.6 Å². The van der Waals surface area contributed by atoms with Crippen LogP contribution in [0.15, 0.2) is 24.3 Å². The summed E-state index contributed by atoms with van der Waals surface area (Å²) < 4.78 is 0. The molecule has 1 nitrogen and oxygen atoms in total. The van der Waals surface area contributed by atoms with E-state index < -0.39 is 0 Å². The summed E-state index contributed by atoms with van der Waals surface area (Å²) >= 11 is 5.78. The van der Waals surface area contributed by atoms with E-state index in [1.165, 1.54) is 0 Å². The average Bonchev–Trinajstić information content (AvgIpc) is 2.13. The van der Waals surface area contributed by atoms with Gasteiger partial charge >= 0.3 is 0 Å². The highest BCUT2D eigenvalue weighted by molar-refractivity contribution is 6.30. The van der Waals surface area contributed by atoms with E-state index in [1.54, 1.807) is 0 Å². The molecule has 0 unspecified atom stereocenters. The first-order valence-corrected chi connectivity index (χ1v) is 4.56. The fraction of sp³-hybridized carbons (Fsp3) is 0.273. The number of halogens is 1. The highest BCUT2D eigenvalue weighted by Gasteiger charge is 1.87. The summed E-state index contributed by atoms with van der Waals surface area (Å²) in [6.07, 6.45) is 1.45. The normalized spacial score (nSPS) is 9.08. The van der Waals surface area contributed by atoms with E-state index in [9.17, 15) is 0 Å². The Bertz CT molecular complexity index is 322. The summed E-state index contributed by atoms with van der Waals surface area (Å²) in [6.45, 7) is 0.199. The van der Waals surface area contributed by atoms with Gasteiger partial charge in [0.15, 0.2) is 0 Å². The van der Waals surface area contributed by atoms with Crippen molar-refractivity contribution < 1.29 is 5.11 Å². The predicted molar refractivity (Wildman–Crippen MR) is 54.6 cm³/mol. The number of rotatable bonds is 2. The van der Waals surface area contributed by atoms with Crippen LogP contribution < -0.4 is 0 Å². The molecule has 0 atom stereocenters. The van der Waals surface area contributed by atoms with Gasteiger partial charge in [-0.1, -0.05) is 29.5 Å². The quantitative estimate of drug-likeness (QED) is 0.567. The van der Waals surface area contributed by atoms with Crippen LogP contribution in [-0.2, 0) is 0 Å². The first kappa shape index (κ1) is 10.1. The largest absolute Gasteiger partial charge is 0.396 e. The lowest BCUT2D eigenvalue weighted by atomic mass is 10.2. The molecule has 1 aromatic carbocycles. The molecule has 68 valence electrons. The number of hydrogen-bond donors (Lipinski definition) is 1. The molecule has 0 aliphatic rings. The van der Waals surface area contributed by atoms with Crippen molar-refractivity contribution in [3.05, 3.63) is 34.9 Å². The zero-order chi connectivity index (χ0) is 9.52. The zero-order valence-corrected chi connectivity index (χ0v) is 8.01. The van der Waals surface area contributed by atoms with E-state index in [2.05, 4.69) is 11.8 Å². The molecule has 0 saturated heterocycles. The van der Waals surface area contributed by atoms with Crippen molar-refractivity contribution in [3.8, 4) is 11.8 Å². The number of hydrogen-bond acceptors (Lipinski definition) is 1. The number of benzene rings is 1. The average molecular weight is 195 g/mol. The van der Waals surface area contributed by atoms with Crippen molar-refractivity contribution in [2.75, 3.05) is 6.61 Å². The second-order valence-corrected chi connectivity index (χ2v) is 3.08. The Morgan fingerprint density at radius 3 is 2.92 bits per heavy atom. The lowest BCUT2D eigenvalue weighted by Crippen LogP contribution is -1.79. The summed E-state index contributed by atoms with van der Waals surface area (Å²) in [4.78, 5) is 0. The lowest BCUT2D eigenvalue weighted by molar-refractivity contribution is 0.290. The van der Waals surface area contributed by atoms with Gasteiger partial charge in [-0.3, -0.25) is 0 Å². The third kappa shape index (κ3) is 3.98. The monoisotopic (exact) mass is 194 g/mol. The summed E-state index contributed by atoms with van der Waals surface area (Å²) in [5.74, 6) is 5.94. The van der Waals surface area contributed by atoms with E-state index in [1.807, 2.05) is 24.3 Å². The Morgan fingerprint density at radius 2 is 2.23 bits per heavy atom. The van der Waals surface area contributed by atoms with E-state index in [0.29, 0.717) is 5.02 Å². The van der Waals surface area contributed by atoms with E-state index in [4.69, 9.17) is 16.7 Å². The first-order chi connectivity index (χ1) is 6.33. The molecule has 13 heavy (non-hydrogen) atoms. The van der Waals surface area contributed by atoms with E-state index in [-0.39, 0.29) is 6.61 Å². The Kier molecular flexibility index (Phi) is 4.39. The molecule has 0 aromatic heterocycles. The number of aliphatic hydroxyl groups is 1. The Hall–Kier alpha value is -0.970. The Morgan fingerprint density at radius 1 is 1.38 bits per heavy atom. The molecule has 1 rings (SSSR count). The molecule has 0 amide bonds. The van der Waals surface area contributed by atoms with Crippen molar-refractivity contribution in [1.82, 2.24) is 0 Å². The standard InChI is InChI=1S/C11H11ClO/c12-11-7-4-6-10(9-11)5-2-1-3-8-13/h4,6-7,9,13H,1,3,8H2. The highest BCUT2D eigenvalue weighted by Crippen LogP contribution is 2.09. The van der Waals surface area contributed by atoms with Crippen LogP contribution in [0.25, 0.3) is 0 Å². The predicted octanol–water partition coefficient (Wildman–Crippen LogP) is 2.46. The van der Waals surface area contributed by atoms with Gasteiger partial charge in [0.05, 0.1) is 0 Å². The van der Waals surface area contributed by atoms with Crippen LogP contribution in [0.2, 0.25) is 5.02 Å². The Labute approximate surface area is 83.4 Å². The molecule has 1 N–H and O–H groups in total. The second-order valence-electron chi connectivity index (χ2n) is 2.64. The van der Waals surface area contributed by atoms with Gasteiger partial charge in [0.2, 0.25) is 0 Å². The smallest absolute Gasteiger partial charge is 0.0440 e. The number of unbranched alkanes of at least 4 members (excludes halogenated alkanes) is 1. The first-order valence-electron chi connectivity index (χ1n) is 4.18. The van der Waals surface area contributed by atoms with Crippen LogP contribution in [-0.4, -0.2) is 11.7 Å². The fourth-order valence-electron chi connectivity index (χ4n) is 0.898. The van der Waals surface area contributed by atoms with Crippen molar-refractivity contribution in [2.24, 2.45) is 0 Å². The summed E-state index contributed by atoms with van der Waals surface area (Å²) in [5, 5.41) is 9.22. The maximum Gasteiger partial charge on any atom is 0.0440 e. The molecule has 0 aliphatic heterocycles. The van der Waals surface area contributed by atoms with E-state index >= 15 is 0 Å². The van der Waals surface area contributed by atoms with Crippen LogP contribution in [0.1, 0.15) is 18.4 Å². The maximum atomic E-state index is 8.52. The molecule has 1 aromatic rings. The van der Waals surface area contributed by atoms with E-state index in [0.717, 1.165) is 18.4 Å². The molecule has 0 heterocycles. The molecule has 0 saturated carbocycles. The highest BCUT2D eigenvalue weighted by atomic mass is 35.5. The minimum absolute atomic E-state index is 0.199. The van der Waals surface area contributed by atoms with Crippen molar-refractivity contribution in [3.63, 3.8) is 0 Å². The second kappa shape index (κ2) is 5.64. The maximum absolute atomic E-state index is 8.52. The molecular weight excluding hydrogens is 184 g/mol. The molecule has 0 spiro atoms. The third-order valence-corrected chi connectivity index (χ3v) is 1.75. The molecule has 2 heteroatoms. The topological polar surface area (TPSA) is 20.2 Å². The summed E-state index contributed by atoms with van der Waals surface area (Å²) in [5.41, 5.74) is 0.922. The minimum atomic E-state index is 0.199. The van der Waals surface area contributed by atoms with Crippen LogP contribution in [0.3, 0.4) is 0 Å². The van der Waals surface area contributed by atoms with Gasteiger partial charge in [0.25, 0.3) is 0 Å². The minimum Gasteiger partial charge on any atom is -0.396 e. The molecule has 0 fully saturated rings. The molecular formula is C11H11ClO. The van der Waals surface area contributed by atoms with Crippen molar-refractivity contribution >= 4 is 11.6 Å². The van der Waals surface area contributed by atoms with Crippen LogP contribution in [0, 0.1) is 11.8 Å². The van der Waals surface area contributed by atoms with Gasteiger partial charge in [0, 0.05) is 23.6 Å². The number of aliphatic hydroxyl groups excluding tert-OH is 1. The van der Waals surface area contributed by atoms with Gasteiger partial charge in [-0.15, -0.1) is 0 Å². The van der Waals surface area contributed by atoms with Crippen molar-refractivity contribution in [1.29, 1.82) is 0 Å². The van der Waals surface area contributed by atoms with Crippen LogP contribution in [0.4, 0.5) is 0 Å².